The van der Waals surface area contributed by atoms with Crippen molar-refractivity contribution in [1.82, 2.24) is 4.98 Å². The molecule has 1 aromatic heterocycles. The Bertz CT molecular complexity index is 396. The number of carboxylic acids is 1. The van der Waals surface area contributed by atoms with Crippen LogP contribution in [0.3, 0.4) is 0 Å². The topological polar surface area (TPSA) is 59.4 Å². The molecule has 0 saturated heterocycles. The summed E-state index contributed by atoms with van der Waals surface area (Å²) in [7, 11) is 0. The van der Waals surface area contributed by atoms with Gasteiger partial charge in [0.2, 0.25) is 0 Å². The molecule has 1 heterocycles. The summed E-state index contributed by atoms with van der Waals surface area (Å²) < 4.78 is 5.90. The van der Waals surface area contributed by atoms with E-state index in [4.69, 9.17) is 9.84 Å². The van der Waals surface area contributed by atoms with Gasteiger partial charge in [-0.3, -0.25) is 4.79 Å². The molecule has 1 aliphatic rings. The minimum Gasteiger partial charge on any atom is -0.481 e. The molecular formula is C12H17NO3S. The van der Waals surface area contributed by atoms with Gasteiger partial charge >= 0.3 is 5.97 Å². The van der Waals surface area contributed by atoms with Crippen molar-refractivity contribution in [2.24, 2.45) is 0 Å². The van der Waals surface area contributed by atoms with E-state index in [1.165, 1.54) is 11.3 Å². The van der Waals surface area contributed by atoms with Gasteiger partial charge in [0.25, 0.3) is 0 Å². The number of thiazole rings is 1. The van der Waals surface area contributed by atoms with E-state index in [1.807, 2.05) is 12.3 Å². The van der Waals surface area contributed by atoms with Gasteiger partial charge in [-0.2, -0.15) is 0 Å². The van der Waals surface area contributed by atoms with Gasteiger partial charge in [0.1, 0.15) is 10.6 Å². The molecule has 0 aromatic carbocycles. The highest BCUT2D eigenvalue weighted by atomic mass is 32.1. The highest BCUT2D eigenvalue weighted by Gasteiger charge is 2.39. The molecule has 5 heteroatoms. The number of hydrogen-bond acceptors (Lipinski definition) is 4. The summed E-state index contributed by atoms with van der Waals surface area (Å²) in [6, 6.07) is 0. The maximum atomic E-state index is 10.6. The predicted octanol–water partition coefficient (Wildman–Crippen LogP) is 2.58. The van der Waals surface area contributed by atoms with E-state index < -0.39 is 5.97 Å². The van der Waals surface area contributed by atoms with Crippen molar-refractivity contribution in [3.05, 3.63) is 16.1 Å². The Labute approximate surface area is 105 Å². The average Bonchev–Trinajstić information content (AvgIpc) is 2.87. The van der Waals surface area contributed by atoms with Crippen LogP contribution in [0.25, 0.3) is 0 Å². The molecule has 1 aromatic rings. The second kappa shape index (κ2) is 5.14. The first-order chi connectivity index (χ1) is 8.16. The Hall–Kier alpha value is -0.940. The van der Waals surface area contributed by atoms with Crippen molar-refractivity contribution in [1.29, 1.82) is 0 Å². The van der Waals surface area contributed by atoms with Gasteiger partial charge in [-0.25, -0.2) is 4.98 Å². The summed E-state index contributed by atoms with van der Waals surface area (Å²) in [6.07, 6.45) is 4.32. The Morgan fingerprint density at radius 1 is 1.59 bits per heavy atom. The molecule has 2 rings (SSSR count). The third-order valence-corrected chi connectivity index (χ3v) is 4.18. The molecule has 17 heavy (non-hydrogen) atoms. The zero-order valence-electron chi connectivity index (χ0n) is 9.94. The molecule has 94 valence electrons. The first-order valence-corrected chi connectivity index (χ1v) is 6.85. The van der Waals surface area contributed by atoms with E-state index in [-0.39, 0.29) is 12.0 Å². The molecule has 0 aliphatic heterocycles. The molecule has 1 N–H and O–H groups in total. The summed E-state index contributed by atoms with van der Waals surface area (Å²) in [4.78, 5) is 15.1. The predicted molar refractivity (Wildman–Crippen MR) is 65.2 cm³/mol. The highest BCUT2D eigenvalue weighted by Crippen LogP contribution is 2.43. The van der Waals surface area contributed by atoms with Gasteiger partial charge in [-0.15, -0.1) is 11.3 Å². The van der Waals surface area contributed by atoms with Crippen LogP contribution in [0.4, 0.5) is 0 Å². The van der Waals surface area contributed by atoms with Crippen molar-refractivity contribution in [2.45, 2.75) is 44.6 Å². The normalized spacial score (nSPS) is 18.4. The van der Waals surface area contributed by atoms with Gasteiger partial charge in [0.15, 0.2) is 0 Å². The largest absolute Gasteiger partial charge is 0.481 e. The monoisotopic (exact) mass is 255 g/mol. The molecule has 0 radical (unpaired) electrons. The van der Waals surface area contributed by atoms with Crippen molar-refractivity contribution in [3.8, 4) is 0 Å². The average molecular weight is 255 g/mol. The molecular weight excluding hydrogens is 238 g/mol. The van der Waals surface area contributed by atoms with Gasteiger partial charge in [0, 0.05) is 12.0 Å². The van der Waals surface area contributed by atoms with E-state index in [1.54, 1.807) is 0 Å². The SMILES string of the molecule is CCOC1(c2nc(CC(=O)O)cs2)CCCC1. The number of carbonyl (C=O) groups is 1. The summed E-state index contributed by atoms with van der Waals surface area (Å²) in [5.41, 5.74) is 0.402. The van der Waals surface area contributed by atoms with Crippen LogP contribution in [0.5, 0.6) is 0 Å². The zero-order chi connectivity index (χ0) is 12.3. The van der Waals surface area contributed by atoms with E-state index in [9.17, 15) is 4.79 Å². The smallest absolute Gasteiger partial charge is 0.309 e. The molecule has 0 spiro atoms. The lowest BCUT2D eigenvalue weighted by Crippen LogP contribution is -2.26. The van der Waals surface area contributed by atoms with Crippen LogP contribution in [0.15, 0.2) is 5.38 Å². The number of hydrogen-bond donors (Lipinski definition) is 1. The third kappa shape index (κ3) is 2.66. The quantitative estimate of drug-likeness (QED) is 0.878. The van der Waals surface area contributed by atoms with Crippen LogP contribution in [0, 0.1) is 0 Å². The third-order valence-electron chi connectivity index (χ3n) is 3.11. The number of rotatable bonds is 5. The minimum atomic E-state index is -0.835. The highest BCUT2D eigenvalue weighted by molar-refractivity contribution is 7.09. The minimum absolute atomic E-state index is 0.00128. The number of aromatic nitrogens is 1. The van der Waals surface area contributed by atoms with Crippen LogP contribution in [-0.4, -0.2) is 22.7 Å². The lowest BCUT2D eigenvalue weighted by atomic mass is 10.0. The van der Waals surface area contributed by atoms with Crippen LogP contribution < -0.4 is 0 Å². The first kappa shape index (κ1) is 12.5. The summed E-state index contributed by atoms with van der Waals surface area (Å²) in [5.74, 6) is -0.835. The number of aliphatic carboxylic acids is 1. The molecule has 1 fully saturated rings. The second-order valence-corrected chi connectivity index (χ2v) is 5.21. The van der Waals surface area contributed by atoms with Gasteiger partial charge in [0.05, 0.1) is 12.1 Å². The maximum absolute atomic E-state index is 10.6. The van der Waals surface area contributed by atoms with Gasteiger partial charge in [-0.1, -0.05) is 12.8 Å². The standard InChI is InChI=1S/C12H17NO3S/c1-2-16-12(5-3-4-6-12)11-13-9(8-17-11)7-10(14)15/h8H,2-7H2,1H3,(H,14,15). The summed E-state index contributed by atoms with van der Waals surface area (Å²) in [6.45, 7) is 2.67. The Morgan fingerprint density at radius 3 is 2.88 bits per heavy atom. The second-order valence-electron chi connectivity index (χ2n) is 4.35. The van der Waals surface area contributed by atoms with Crippen LogP contribution in [0.1, 0.15) is 43.3 Å². The first-order valence-electron chi connectivity index (χ1n) is 5.97. The van der Waals surface area contributed by atoms with E-state index >= 15 is 0 Å². The fraction of sp³-hybridized carbons (Fsp3) is 0.667. The summed E-state index contributed by atoms with van der Waals surface area (Å²) >= 11 is 1.53. The lowest BCUT2D eigenvalue weighted by Gasteiger charge is -2.26. The fourth-order valence-corrected chi connectivity index (χ4v) is 3.43. The number of carboxylic acid groups (broad SMARTS) is 1. The van der Waals surface area contributed by atoms with Crippen molar-refractivity contribution >= 4 is 17.3 Å². The number of nitrogens with zero attached hydrogens (tertiary/aromatic N) is 1. The lowest BCUT2D eigenvalue weighted by molar-refractivity contribution is -0.136. The van der Waals surface area contributed by atoms with Crippen molar-refractivity contribution < 1.29 is 14.6 Å². The Morgan fingerprint density at radius 2 is 2.29 bits per heavy atom. The van der Waals surface area contributed by atoms with Crippen LogP contribution in [0.2, 0.25) is 0 Å². The molecule has 0 amide bonds. The number of ether oxygens (including phenoxy) is 1. The van der Waals surface area contributed by atoms with E-state index in [0.717, 1.165) is 30.7 Å². The van der Waals surface area contributed by atoms with Crippen LogP contribution >= 0.6 is 11.3 Å². The zero-order valence-corrected chi connectivity index (χ0v) is 10.8. The summed E-state index contributed by atoms with van der Waals surface area (Å²) in [5, 5.41) is 11.5. The Kier molecular flexibility index (Phi) is 3.79. The molecule has 1 saturated carbocycles. The van der Waals surface area contributed by atoms with E-state index in [0.29, 0.717) is 12.3 Å². The Balaban J connectivity index is 2.19. The maximum Gasteiger partial charge on any atom is 0.309 e. The fourth-order valence-electron chi connectivity index (χ4n) is 2.39. The van der Waals surface area contributed by atoms with E-state index in [2.05, 4.69) is 4.98 Å². The molecule has 0 unspecified atom stereocenters. The molecule has 0 bridgehead atoms. The molecule has 1 aliphatic carbocycles. The van der Waals surface area contributed by atoms with Gasteiger partial charge in [-0.05, 0) is 19.8 Å². The van der Waals surface area contributed by atoms with Crippen molar-refractivity contribution in [2.75, 3.05) is 6.61 Å². The molecule has 4 nitrogen and oxygen atoms in total. The van der Waals surface area contributed by atoms with Crippen LogP contribution in [-0.2, 0) is 21.6 Å². The van der Waals surface area contributed by atoms with Crippen molar-refractivity contribution in [3.63, 3.8) is 0 Å². The van der Waals surface area contributed by atoms with Gasteiger partial charge < -0.3 is 9.84 Å². The molecule has 0 atom stereocenters.